The molecule has 0 radical (unpaired) electrons. The van der Waals surface area contributed by atoms with Crippen molar-refractivity contribution < 1.29 is 14.1 Å². The van der Waals surface area contributed by atoms with Crippen LogP contribution in [-0.4, -0.2) is 52.0 Å². The minimum absolute atomic E-state index is 0.0200. The van der Waals surface area contributed by atoms with Crippen LogP contribution in [0.2, 0.25) is 0 Å². The van der Waals surface area contributed by atoms with Crippen molar-refractivity contribution in [3.05, 3.63) is 102 Å². The van der Waals surface area contributed by atoms with Crippen LogP contribution in [0.5, 0.6) is 5.75 Å². The third-order valence-corrected chi connectivity index (χ3v) is 6.31. The number of aromatic nitrogens is 2. The lowest BCUT2D eigenvalue weighted by molar-refractivity contribution is 0.0551. The summed E-state index contributed by atoms with van der Waals surface area (Å²) in [7, 11) is 0. The average Bonchev–Trinajstić information content (AvgIpc) is 3.43. The number of carbonyl (C=O) groups excluding carboxylic acids is 1. The number of piperazine rings is 1. The summed E-state index contributed by atoms with van der Waals surface area (Å²) in [6.07, 6.45) is 0. The molecule has 1 amide bonds. The molecule has 1 aliphatic heterocycles. The van der Waals surface area contributed by atoms with Crippen molar-refractivity contribution in [2.75, 3.05) is 26.2 Å². The summed E-state index contributed by atoms with van der Waals surface area (Å²) in [6, 6.07) is 27.2. The highest BCUT2D eigenvalue weighted by molar-refractivity contribution is 5.94. The first-order valence-corrected chi connectivity index (χ1v) is 11.9. The lowest BCUT2D eigenvalue weighted by atomic mass is 10.1. The fraction of sp³-hybridized carbons (Fsp3) is 0.250. The number of rotatable bonds is 7. The van der Waals surface area contributed by atoms with Gasteiger partial charge < -0.3 is 14.2 Å². The van der Waals surface area contributed by atoms with E-state index in [9.17, 15) is 4.79 Å². The maximum Gasteiger partial charge on any atom is 0.254 e. The Morgan fingerprint density at radius 3 is 2.40 bits per heavy atom. The van der Waals surface area contributed by atoms with Gasteiger partial charge in [-0.2, -0.15) is 4.98 Å². The van der Waals surface area contributed by atoms with Gasteiger partial charge in [-0.05, 0) is 30.7 Å². The quantitative estimate of drug-likeness (QED) is 0.387. The molecular formula is C28H28N4O3. The van der Waals surface area contributed by atoms with Crippen LogP contribution >= 0.6 is 0 Å². The fourth-order valence-corrected chi connectivity index (χ4v) is 4.22. The van der Waals surface area contributed by atoms with Crippen LogP contribution in [-0.2, 0) is 6.61 Å². The van der Waals surface area contributed by atoms with Gasteiger partial charge in [-0.3, -0.25) is 9.69 Å². The van der Waals surface area contributed by atoms with Gasteiger partial charge in [0.25, 0.3) is 5.91 Å². The number of nitrogens with zero attached hydrogens (tertiary/aromatic N) is 4. The number of hydrogen-bond acceptors (Lipinski definition) is 6. The molecule has 0 N–H and O–H groups in total. The summed E-state index contributed by atoms with van der Waals surface area (Å²) < 4.78 is 11.4. The Morgan fingerprint density at radius 1 is 0.943 bits per heavy atom. The van der Waals surface area contributed by atoms with E-state index in [0.29, 0.717) is 42.7 Å². The fourth-order valence-electron chi connectivity index (χ4n) is 4.22. The zero-order chi connectivity index (χ0) is 24.0. The van der Waals surface area contributed by atoms with E-state index in [4.69, 9.17) is 9.26 Å². The molecule has 1 atom stereocenters. The molecular weight excluding hydrogens is 440 g/mol. The van der Waals surface area contributed by atoms with Gasteiger partial charge in [-0.15, -0.1) is 0 Å². The van der Waals surface area contributed by atoms with Gasteiger partial charge >= 0.3 is 0 Å². The SMILES string of the molecule is CC(c1nc(-c2ccccc2)no1)N1CCN(C(=O)c2cccc(OCc3ccccc3)c2)CC1. The van der Waals surface area contributed by atoms with Crippen LogP contribution in [0.15, 0.2) is 89.5 Å². The summed E-state index contributed by atoms with van der Waals surface area (Å²) in [4.78, 5) is 21.9. The van der Waals surface area contributed by atoms with E-state index < -0.39 is 0 Å². The third kappa shape index (κ3) is 5.41. The maximum atomic E-state index is 13.1. The highest BCUT2D eigenvalue weighted by Gasteiger charge is 2.28. The summed E-state index contributed by atoms with van der Waals surface area (Å²) in [6.45, 7) is 5.28. The Bertz CT molecular complexity index is 1250. The molecule has 1 aromatic heterocycles. The Labute approximate surface area is 204 Å². The Morgan fingerprint density at radius 2 is 1.66 bits per heavy atom. The molecule has 4 aromatic rings. The number of ether oxygens (including phenoxy) is 1. The molecule has 0 saturated carbocycles. The third-order valence-electron chi connectivity index (χ3n) is 6.31. The summed E-state index contributed by atoms with van der Waals surface area (Å²) in [5.74, 6) is 1.90. The van der Waals surface area contributed by atoms with Crippen molar-refractivity contribution in [2.45, 2.75) is 19.6 Å². The molecule has 35 heavy (non-hydrogen) atoms. The van der Waals surface area contributed by atoms with Crippen molar-refractivity contribution in [2.24, 2.45) is 0 Å². The van der Waals surface area contributed by atoms with Crippen molar-refractivity contribution in [1.82, 2.24) is 19.9 Å². The molecule has 1 fully saturated rings. The predicted octanol–water partition coefficient (Wildman–Crippen LogP) is 4.83. The Balaban J connectivity index is 1.17. The first-order chi connectivity index (χ1) is 17.2. The molecule has 7 nitrogen and oxygen atoms in total. The molecule has 1 unspecified atom stereocenters. The number of carbonyl (C=O) groups is 1. The van der Waals surface area contributed by atoms with E-state index in [2.05, 4.69) is 22.0 Å². The molecule has 0 bridgehead atoms. The van der Waals surface area contributed by atoms with Crippen LogP contribution in [0.1, 0.15) is 34.8 Å². The van der Waals surface area contributed by atoms with E-state index in [0.717, 1.165) is 24.2 Å². The maximum absolute atomic E-state index is 13.1. The minimum atomic E-state index is -0.0214. The second-order valence-electron chi connectivity index (χ2n) is 8.63. The van der Waals surface area contributed by atoms with Crippen LogP contribution in [0.3, 0.4) is 0 Å². The standard InChI is InChI=1S/C28H28N4O3/c1-21(27-29-26(30-35-27)23-11-6-3-7-12-23)31-15-17-32(18-16-31)28(33)24-13-8-14-25(19-24)34-20-22-9-4-2-5-10-22/h2-14,19,21H,15-18,20H2,1H3. The first kappa shape index (κ1) is 22.8. The molecule has 0 aliphatic carbocycles. The van der Waals surface area contributed by atoms with E-state index >= 15 is 0 Å². The number of hydrogen-bond donors (Lipinski definition) is 0. The highest BCUT2D eigenvalue weighted by Crippen LogP contribution is 2.24. The predicted molar refractivity (Wildman–Crippen MR) is 133 cm³/mol. The molecule has 3 aromatic carbocycles. The van der Waals surface area contributed by atoms with Crippen LogP contribution < -0.4 is 4.74 Å². The van der Waals surface area contributed by atoms with E-state index in [1.54, 1.807) is 0 Å². The number of amides is 1. The van der Waals surface area contributed by atoms with Gasteiger partial charge in [0, 0.05) is 37.3 Å². The van der Waals surface area contributed by atoms with Gasteiger partial charge in [0.1, 0.15) is 12.4 Å². The Hall–Kier alpha value is -3.97. The van der Waals surface area contributed by atoms with Crippen LogP contribution in [0.4, 0.5) is 0 Å². The second kappa shape index (κ2) is 10.5. The van der Waals surface area contributed by atoms with Gasteiger partial charge in [-0.25, -0.2) is 0 Å². The van der Waals surface area contributed by atoms with Crippen molar-refractivity contribution in [1.29, 1.82) is 0 Å². The lowest BCUT2D eigenvalue weighted by Gasteiger charge is -2.36. The van der Waals surface area contributed by atoms with Crippen molar-refractivity contribution in [3.8, 4) is 17.1 Å². The molecule has 0 spiro atoms. The van der Waals surface area contributed by atoms with Gasteiger partial charge in [-0.1, -0.05) is 71.9 Å². The van der Waals surface area contributed by atoms with E-state index in [-0.39, 0.29) is 11.9 Å². The van der Waals surface area contributed by atoms with Crippen LogP contribution in [0, 0.1) is 0 Å². The zero-order valence-corrected chi connectivity index (χ0v) is 19.7. The van der Waals surface area contributed by atoms with E-state index in [1.165, 1.54) is 0 Å². The zero-order valence-electron chi connectivity index (χ0n) is 19.7. The molecule has 178 valence electrons. The van der Waals surface area contributed by atoms with Crippen LogP contribution in [0.25, 0.3) is 11.4 Å². The minimum Gasteiger partial charge on any atom is -0.489 e. The van der Waals surface area contributed by atoms with Gasteiger partial charge in [0.2, 0.25) is 11.7 Å². The van der Waals surface area contributed by atoms with Gasteiger partial charge in [0.15, 0.2) is 0 Å². The Kier molecular flexibility index (Phi) is 6.86. The first-order valence-electron chi connectivity index (χ1n) is 11.9. The monoisotopic (exact) mass is 468 g/mol. The molecule has 5 rings (SSSR count). The van der Waals surface area contributed by atoms with Gasteiger partial charge in [0.05, 0.1) is 6.04 Å². The normalized spacial score (nSPS) is 15.1. The smallest absolute Gasteiger partial charge is 0.254 e. The largest absolute Gasteiger partial charge is 0.489 e. The van der Waals surface area contributed by atoms with Crippen molar-refractivity contribution in [3.63, 3.8) is 0 Å². The van der Waals surface area contributed by atoms with E-state index in [1.807, 2.05) is 89.8 Å². The molecule has 7 heteroatoms. The highest BCUT2D eigenvalue weighted by atomic mass is 16.5. The van der Waals surface area contributed by atoms with Crippen molar-refractivity contribution >= 4 is 5.91 Å². The summed E-state index contributed by atoms with van der Waals surface area (Å²) in [5, 5.41) is 4.14. The second-order valence-corrected chi connectivity index (χ2v) is 8.63. The number of benzene rings is 3. The molecule has 2 heterocycles. The topological polar surface area (TPSA) is 71.7 Å². The molecule has 1 saturated heterocycles. The summed E-state index contributed by atoms with van der Waals surface area (Å²) >= 11 is 0. The summed E-state index contributed by atoms with van der Waals surface area (Å²) in [5.41, 5.74) is 2.66. The molecule has 1 aliphatic rings. The average molecular weight is 469 g/mol. The lowest BCUT2D eigenvalue weighted by Crippen LogP contribution is -2.49.